The van der Waals surface area contributed by atoms with E-state index < -0.39 is 5.54 Å². The minimum atomic E-state index is -0.893. The third-order valence-corrected chi connectivity index (χ3v) is 3.31. The molecule has 0 radical (unpaired) electrons. The molecule has 2 N–H and O–H groups in total. The van der Waals surface area contributed by atoms with E-state index in [1.807, 2.05) is 0 Å². The molecule has 1 unspecified atom stereocenters. The van der Waals surface area contributed by atoms with Crippen molar-refractivity contribution in [1.29, 1.82) is 0 Å². The Bertz CT molecular complexity index is 265. The molecule has 1 saturated carbocycles. The number of hydrogen-bond acceptors (Lipinski definition) is 5. The van der Waals surface area contributed by atoms with Gasteiger partial charge >= 0.3 is 5.97 Å². The Labute approximate surface area is 110 Å². The number of rotatable bonds is 9. The van der Waals surface area contributed by atoms with Gasteiger partial charge in [-0.2, -0.15) is 0 Å². The normalized spacial score (nSPS) is 18.7. The van der Waals surface area contributed by atoms with E-state index in [2.05, 4.69) is 4.90 Å². The van der Waals surface area contributed by atoms with Crippen molar-refractivity contribution in [2.24, 2.45) is 5.73 Å². The fraction of sp³-hybridized carbons (Fsp3) is 0.923. The van der Waals surface area contributed by atoms with Gasteiger partial charge in [-0.25, -0.2) is 0 Å². The zero-order valence-corrected chi connectivity index (χ0v) is 11.8. The first-order chi connectivity index (χ1) is 8.51. The first-order valence-corrected chi connectivity index (χ1v) is 6.70. The highest BCUT2D eigenvalue weighted by atomic mass is 16.5. The van der Waals surface area contributed by atoms with Crippen LogP contribution in [0, 0.1) is 0 Å². The Balaban J connectivity index is 2.37. The van der Waals surface area contributed by atoms with E-state index >= 15 is 0 Å². The van der Waals surface area contributed by atoms with Gasteiger partial charge in [-0.3, -0.25) is 9.69 Å². The van der Waals surface area contributed by atoms with Gasteiger partial charge in [0, 0.05) is 26.2 Å². The second kappa shape index (κ2) is 7.07. The summed E-state index contributed by atoms with van der Waals surface area (Å²) in [6.45, 7) is 6.36. The maximum atomic E-state index is 11.7. The summed E-state index contributed by atoms with van der Waals surface area (Å²) in [5, 5.41) is 0. The van der Waals surface area contributed by atoms with Crippen LogP contribution >= 0.6 is 0 Å². The molecule has 5 nitrogen and oxygen atoms in total. The van der Waals surface area contributed by atoms with Crippen LogP contribution in [0.4, 0.5) is 0 Å². The molecule has 1 atom stereocenters. The number of carbonyl (C=O) groups excluding carboxylic acids is 1. The van der Waals surface area contributed by atoms with Gasteiger partial charge in [-0.05, 0) is 33.1 Å². The molecule has 0 bridgehead atoms. The molecule has 5 heteroatoms. The summed E-state index contributed by atoms with van der Waals surface area (Å²) in [4.78, 5) is 14.0. The molecule has 1 aliphatic rings. The van der Waals surface area contributed by atoms with E-state index in [1.165, 1.54) is 12.8 Å². The van der Waals surface area contributed by atoms with E-state index in [0.29, 0.717) is 19.1 Å². The summed E-state index contributed by atoms with van der Waals surface area (Å²) >= 11 is 0. The lowest BCUT2D eigenvalue weighted by molar-refractivity contribution is -0.149. The lowest BCUT2D eigenvalue weighted by atomic mass is 9.99. The third kappa shape index (κ3) is 4.92. The lowest BCUT2D eigenvalue weighted by Gasteiger charge is -2.27. The zero-order valence-electron chi connectivity index (χ0n) is 11.8. The predicted octanol–water partition coefficient (Wildman–Crippen LogP) is 0.768. The Morgan fingerprint density at radius 1 is 1.44 bits per heavy atom. The number of hydrogen-bond donors (Lipinski definition) is 1. The van der Waals surface area contributed by atoms with Crippen LogP contribution in [0.3, 0.4) is 0 Å². The van der Waals surface area contributed by atoms with Gasteiger partial charge in [-0.1, -0.05) is 0 Å². The van der Waals surface area contributed by atoms with Gasteiger partial charge < -0.3 is 15.2 Å². The van der Waals surface area contributed by atoms with E-state index in [0.717, 1.165) is 19.7 Å². The van der Waals surface area contributed by atoms with Crippen LogP contribution in [0.15, 0.2) is 0 Å². The van der Waals surface area contributed by atoms with Gasteiger partial charge in [-0.15, -0.1) is 0 Å². The first kappa shape index (κ1) is 15.4. The molecule has 18 heavy (non-hydrogen) atoms. The van der Waals surface area contributed by atoms with Crippen molar-refractivity contribution in [1.82, 2.24) is 4.90 Å². The molecule has 0 aromatic carbocycles. The van der Waals surface area contributed by atoms with E-state index in [1.54, 1.807) is 21.0 Å². The van der Waals surface area contributed by atoms with Crippen LogP contribution in [-0.4, -0.2) is 55.9 Å². The fourth-order valence-corrected chi connectivity index (χ4v) is 1.90. The van der Waals surface area contributed by atoms with E-state index in [9.17, 15) is 4.79 Å². The summed E-state index contributed by atoms with van der Waals surface area (Å²) in [7, 11) is 1.71. The molecule has 1 fully saturated rings. The van der Waals surface area contributed by atoms with Crippen LogP contribution in [0.2, 0.25) is 0 Å². The summed E-state index contributed by atoms with van der Waals surface area (Å²) in [5.41, 5.74) is 5.12. The average Bonchev–Trinajstić information content (AvgIpc) is 3.13. The first-order valence-electron chi connectivity index (χ1n) is 6.70. The fourth-order valence-electron chi connectivity index (χ4n) is 1.90. The molecule has 0 heterocycles. The van der Waals surface area contributed by atoms with Crippen molar-refractivity contribution in [3.8, 4) is 0 Å². The number of carbonyl (C=O) groups is 1. The number of nitrogens with two attached hydrogens (primary N) is 1. The largest absolute Gasteiger partial charge is 0.465 e. The molecule has 106 valence electrons. The van der Waals surface area contributed by atoms with Gasteiger partial charge in [0.15, 0.2) is 0 Å². The monoisotopic (exact) mass is 258 g/mol. The van der Waals surface area contributed by atoms with Gasteiger partial charge in [0.1, 0.15) is 5.54 Å². The number of nitrogens with zero attached hydrogens (tertiary/aromatic N) is 1. The van der Waals surface area contributed by atoms with Gasteiger partial charge in [0.25, 0.3) is 0 Å². The molecule has 0 aliphatic heterocycles. The van der Waals surface area contributed by atoms with Crippen molar-refractivity contribution in [3.63, 3.8) is 0 Å². The van der Waals surface area contributed by atoms with Crippen LogP contribution in [0.1, 0.15) is 33.1 Å². The standard InChI is InChI=1S/C13H26N2O3/c1-4-18-12(16)13(2,14)7-8-15(9-10-17-3)11-5-6-11/h11H,4-10,14H2,1-3H3. The minimum Gasteiger partial charge on any atom is -0.465 e. The highest BCUT2D eigenvalue weighted by molar-refractivity contribution is 5.79. The zero-order chi connectivity index (χ0) is 13.6. The molecular weight excluding hydrogens is 232 g/mol. The second-order valence-corrected chi connectivity index (χ2v) is 5.15. The summed E-state index contributed by atoms with van der Waals surface area (Å²) in [5.74, 6) is -0.313. The molecule has 0 aromatic heterocycles. The van der Waals surface area contributed by atoms with Crippen molar-refractivity contribution >= 4 is 5.97 Å². The van der Waals surface area contributed by atoms with Crippen molar-refractivity contribution in [3.05, 3.63) is 0 Å². The Morgan fingerprint density at radius 3 is 2.61 bits per heavy atom. The van der Waals surface area contributed by atoms with Crippen LogP contribution in [-0.2, 0) is 14.3 Å². The van der Waals surface area contributed by atoms with Crippen molar-refractivity contribution < 1.29 is 14.3 Å². The molecule has 0 amide bonds. The SMILES string of the molecule is CCOC(=O)C(C)(N)CCN(CCOC)C1CC1. The minimum absolute atomic E-state index is 0.313. The Hall–Kier alpha value is -0.650. The van der Waals surface area contributed by atoms with Crippen LogP contribution < -0.4 is 5.73 Å². The molecule has 0 aromatic rings. The molecule has 1 rings (SSSR count). The summed E-state index contributed by atoms with van der Waals surface area (Å²) in [6.07, 6.45) is 3.10. The van der Waals surface area contributed by atoms with E-state index in [4.69, 9.17) is 15.2 Å². The number of ether oxygens (including phenoxy) is 2. The van der Waals surface area contributed by atoms with Crippen molar-refractivity contribution in [2.45, 2.75) is 44.7 Å². The average molecular weight is 258 g/mol. The number of esters is 1. The highest BCUT2D eigenvalue weighted by Gasteiger charge is 2.33. The Kier molecular flexibility index (Phi) is 6.05. The predicted molar refractivity (Wildman–Crippen MR) is 70.3 cm³/mol. The molecule has 1 aliphatic carbocycles. The summed E-state index contributed by atoms with van der Waals surface area (Å²) in [6, 6.07) is 0.651. The maximum absolute atomic E-state index is 11.7. The van der Waals surface area contributed by atoms with Crippen molar-refractivity contribution in [2.75, 3.05) is 33.4 Å². The topological polar surface area (TPSA) is 64.8 Å². The smallest absolute Gasteiger partial charge is 0.325 e. The lowest BCUT2D eigenvalue weighted by Crippen LogP contribution is -2.49. The Morgan fingerprint density at radius 2 is 2.11 bits per heavy atom. The maximum Gasteiger partial charge on any atom is 0.325 e. The van der Waals surface area contributed by atoms with E-state index in [-0.39, 0.29) is 5.97 Å². The van der Waals surface area contributed by atoms with Crippen LogP contribution in [0.5, 0.6) is 0 Å². The molecule has 0 spiro atoms. The number of methoxy groups -OCH3 is 1. The third-order valence-electron chi connectivity index (χ3n) is 3.31. The van der Waals surface area contributed by atoms with Crippen LogP contribution in [0.25, 0.3) is 0 Å². The van der Waals surface area contributed by atoms with Gasteiger partial charge in [0.2, 0.25) is 0 Å². The second-order valence-electron chi connectivity index (χ2n) is 5.15. The quantitative estimate of drug-likeness (QED) is 0.619. The van der Waals surface area contributed by atoms with Gasteiger partial charge in [0.05, 0.1) is 13.2 Å². The summed E-state index contributed by atoms with van der Waals surface area (Å²) < 4.78 is 10.1. The molecule has 0 saturated heterocycles. The highest BCUT2D eigenvalue weighted by Crippen LogP contribution is 2.27. The molecular formula is C13H26N2O3.